The standard InChI is InChI=1S/C21H25F3N4O2S/c1-2-25-19(30)17-13-8-4-6-10-15(13)31-20(17)26-16(29)11-28-14-9-5-3-7-12(14)18(27-28)21(22,23)24/h2-11H2,1H3,(H,25,30)(H,26,29). The van der Waals surface area contributed by atoms with Crippen molar-refractivity contribution in [2.24, 2.45) is 0 Å². The number of thiophene rings is 1. The molecular weight excluding hydrogens is 429 g/mol. The molecule has 168 valence electrons. The van der Waals surface area contributed by atoms with Gasteiger partial charge in [0.2, 0.25) is 5.91 Å². The molecule has 0 fully saturated rings. The molecule has 2 aliphatic rings. The first kappa shape index (κ1) is 21.9. The van der Waals surface area contributed by atoms with E-state index in [2.05, 4.69) is 15.7 Å². The van der Waals surface area contributed by atoms with Crippen LogP contribution < -0.4 is 10.6 Å². The Hall–Kier alpha value is -2.36. The molecule has 0 radical (unpaired) electrons. The van der Waals surface area contributed by atoms with E-state index in [4.69, 9.17) is 0 Å². The van der Waals surface area contributed by atoms with Crippen LogP contribution in [0.25, 0.3) is 0 Å². The lowest BCUT2D eigenvalue weighted by Gasteiger charge is -2.15. The van der Waals surface area contributed by atoms with Gasteiger partial charge in [0.05, 0.1) is 5.56 Å². The highest BCUT2D eigenvalue weighted by Crippen LogP contribution is 2.39. The lowest BCUT2D eigenvalue weighted by molar-refractivity contribution is -0.142. The maximum Gasteiger partial charge on any atom is 0.435 e. The minimum Gasteiger partial charge on any atom is -0.352 e. The number of rotatable bonds is 5. The molecule has 0 aliphatic heterocycles. The zero-order valence-corrected chi connectivity index (χ0v) is 18.1. The highest BCUT2D eigenvalue weighted by atomic mass is 32.1. The molecule has 0 bridgehead atoms. The van der Waals surface area contributed by atoms with Gasteiger partial charge >= 0.3 is 6.18 Å². The van der Waals surface area contributed by atoms with E-state index < -0.39 is 17.8 Å². The first-order valence-corrected chi connectivity index (χ1v) is 11.5. The third kappa shape index (κ3) is 4.35. The Labute approximate surface area is 182 Å². The van der Waals surface area contributed by atoms with Crippen molar-refractivity contribution in [3.05, 3.63) is 33.0 Å². The fourth-order valence-electron chi connectivity index (χ4n) is 4.47. The molecule has 0 atom stereocenters. The number of amides is 2. The van der Waals surface area contributed by atoms with Crippen molar-refractivity contribution in [2.75, 3.05) is 11.9 Å². The van der Waals surface area contributed by atoms with Crippen LogP contribution in [0.1, 0.15) is 70.4 Å². The molecule has 2 aromatic heterocycles. The van der Waals surface area contributed by atoms with E-state index in [9.17, 15) is 22.8 Å². The third-order valence-corrected chi connectivity index (χ3v) is 7.01. The topological polar surface area (TPSA) is 76.0 Å². The average Bonchev–Trinajstić information content (AvgIpc) is 3.26. The summed E-state index contributed by atoms with van der Waals surface area (Å²) in [6.07, 6.45) is 1.40. The van der Waals surface area contributed by atoms with Crippen LogP contribution in [0.2, 0.25) is 0 Å². The van der Waals surface area contributed by atoms with Crippen LogP contribution in [0.5, 0.6) is 0 Å². The summed E-state index contributed by atoms with van der Waals surface area (Å²) in [6.45, 7) is 1.99. The molecule has 0 saturated heterocycles. The molecular formula is C21H25F3N4O2S. The van der Waals surface area contributed by atoms with Crippen LogP contribution in [0, 0.1) is 0 Å². The molecule has 2 aromatic rings. The molecule has 0 saturated carbocycles. The number of fused-ring (bicyclic) bond motifs is 2. The van der Waals surface area contributed by atoms with Crippen molar-refractivity contribution in [2.45, 2.75) is 71.0 Å². The Kier molecular flexibility index (Phi) is 6.09. The van der Waals surface area contributed by atoms with Crippen molar-refractivity contribution < 1.29 is 22.8 Å². The fraction of sp³-hybridized carbons (Fsp3) is 0.571. The molecule has 4 rings (SSSR count). The number of carbonyl (C=O) groups is 2. The highest BCUT2D eigenvalue weighted by molar-refractivity contribution is 7.17. The zero-order valence-electron chi connectivity index (χ0n) is 17.3. The van der Waals surface area contributed by atoms with Crippen molar-refractivity contribution in [3.63, 3.8) is 0 Å². The predicted molar refractivity (Wildman–Crippen MR) is 111 cm³/mol. The number of halogens is 3. The fourth-order valence-corrected chi connectivity index (χ4v) is 5.78. The van der Waals surface area contributed by atoms with Gasteiger partial charge < -0.3 is 10.6 Å². The smallest absolute Gasteiger partial charge is 0.352 e. The number of aromatic nitrogens is 2. The van der Waals surface area contributed by atoms with E-state index in [-0.39, 0.29) is 18.0 Å². The van der Waals surface area contributed by atoms with Crippen molar-refractivity contribution >= 4 is 28.2 Å². The van der Waals surface area contributed by atoms with Crippen molar-refractivity contribution in [1.29, 1.82) is 0 Å². The Morgan fingerprint density at radius 1 is 1.06 bits per heavy atom. The van der Waals surface area contributed by atoms with Crippen LogP contribution in [-0.2, 0) is 43.2 Å². The highest BCUT2D eigenvalue weighted by Gasteiger charge is 2.39. The van der Waals surface area contributed by atoms with Crippen LogP contribution in [0.3, 0.4) is 0 Å². The molecule has 0 unspecified atom stereocenters. The van der Waals surface area contributed by atoms with Crippen LogP contribution in [0.4, 0.5) is 18.2 Å². The second-order valence-corrected chi connectivity index (χ2v) is 9.06. The number of nitrogens with one attached hydrogen (secondary N) is 2. The zero-order chi connectivity index (χ0) is 22.2. The van der Waals surface area contributed by atoms with Gasteiger partial charge in [-0.25, -0.2) is 0 Å². The van der Waals surface area contributed by atoms with Gasteiger partial charge in [0.1, 0.15) is 11.5 Å². The molecule has 2 aliphatic carbocycles. The Morgan fingerprint density at radius 3 is 2.45 bits per heavy atom. The van der Waals surface area contributed by atoms with Gasteiger partial charge in [-0.05, 0) is 63.9 Å². The SMILES string of the molecule is CCNC(=O)c1c(NC(=O)Cn2nc(C(F)(F)F)c3c2CCCC3)sc2c1CCCC2. The van der Waals surface area contributed by atoms with Gasteiger partial charge in [0.25, 0.3) is 5.91 Å². The Balaban J connectivity index is 1.60. The summed E-state index contributed by atoms with van der Waals surface area (Å²) in [5, 5.41) is 9.81. The van der Waals surface area contributed by atoms with Crippen LogP contribution in [-0.4, -0.2) is 28.1 Å². The number of aryl methyl sites for hydroxylation is 1. The summed E-state index contributed by atoms with van der Waals surface area (Å²) >= 11 is 1.39. The summed E-state index contributed by atoms with van der Waals surface area (Å²) in [5.41, 5.74) is 1.29. The summed E-state index contributed by atoms with van der Waals surface area (Å²) in [4.78, 5) is 26.5. The Morgan fingerprint density at radius 2 is 1.74 bits per heavy atom. The molecule has 0 aromatic carbocycles. The maximum atomic E-state index is 13.4. The van der Waals surface area contributed by atoms with E-state index in [1.54, 1.807) is 0 Å². The number of carbonyl (C=O) groups excluding carboxylic acids is 2. The number of alkyl halides is 3. The predicted octanol–water partition coefficient (Wildman–Crippen LogP) is 4.11. The van der Waals surface area contributed by atoms with E-state index >= 15 is 0 Å². The molecule has 2 amide bonds. The molecule has 10 heteroatoms. The van der Waals surface area contributed by atoms with Gasteiger partial charge in [0.15, 0.2) is 5.69 Å². The number of hydrogen-bond donors (Lipinski definition) is 2. The monoisotopic (exact) mass is 454 g/mol. The molecule has 2 heterocycles. The molecule has 2 N–H and O–H groups in total. The lowest BCUT2D eigenvalue weighted by atomic mass is 9.95. The first-order chi connectivity index (χ1) is 14.8. The van der Waals surface area contributed by atoms with E-state index in [0.717, 1.165) is 42.5 Å². The van der Waals surface area contributed by atoms with E-state index in [0.29, 0.717) is 42.1 Å². The van der Waals surface area contributed by atoms with E-state index in [1.165, 1.54) is 16.0 Å². The molecule has 31 heavy (non-hydrogen) atoms. The van der Waals surface area contributed by atoms with Gasteiger partial charge in [-0.2, -0.15) is 18.3 Å². The summed E-state index contributed by atoms with van der Waals surface area (Å²) in [5.74, 6) is -0.707. The normalized spacial score (nSPS) is 15.9. The van der Waals surface area contributed by atoms with Crippen molar-refractivity contribution in [1.82, 2.24) is 15.1 Å². The van der Waals surface area contributed by atoms with Crippen molar-refractivity contribution in [3.8, 4) is 0 Å². The summed E-state index contributed by atoms with van der Waals surface area (Å²) < 4.78 is 41.4. The Bertz CT molecular complexity index is 1010. The second-order valence-electron chi connectivity index (χ2n) is 7.96. The quantitative estimate of drug-likeness (QED) is 0.714. The van der Waals surface area contributed by atoms with Gasteiger partial charge in [-0.3, -0.25) is 14.3 Å². The van der Waals surface area contributed by atoms with Crippen LogP contribution in [0.15, 0.2) is 0 Å². The van der Waals surface area contributed by atoms with Crippen LogP contribution >= 0.6 is 11.3 Å². The van der Waals surface area contributed by atoms with E-state index in [1.807, 2.05) is 6.92 Å². The minimum atomic E-state index is -4.54. The summed E-state index contributed by atoms with van der Waals surface area (Å²) in [7, 11) is 0. The molecule has 6 nitrogen and oxygen atoms in total. The number of anilines is 1. The third-order valence-electron chi connectivity index (χ3n) is 5.81. The largest absolute Gasteiger partial charge is 0.435 e. The average molecular weight is 455 g/mol. The number of hydrogen-bond acceptors (Lipinski definition) is 4. The van der Waals surface area contributed by atoms with Gasteiger partial charge in [0, 0.05) is 22.7 Å². The minimum absolute atomic E-state index is 0.209. The van der Waals surface area contributed by atoms with Gasteiger partial charge in [-0.15, -0.1) is 11.3 Å². The second kappa shape index (κ2) is 8.64. The lowest BCUT2D eigenvalue weighted by Crippen LogP contribution is -2.26. The maximum absolute atomic E-state index is 13.4. The molecule has 0 spiro atoms. The number of nitrogens with zero attached hydrogens (tertiary/aromatic N) is 2. The summed E-state index contributed by atoms with van der Waals surface area (Å²) in [6, 6.07) is 0. The first-order valence-electron chi connectivity index (χ1n) is 10.7. The van der Waals surface area contributed by atoms with Gasteiger partial charge in [-0.1, -0.05) is 0 Å².